The third-order valence-corrected chi connectivity index (χ3v) is 4.63. The first-order valence-electron chi connectivity index (χ1n) is 8.64. The average Bonchev–Trinajstić information content (AvgIpc) is 2.69. The van der Waals surface area contributed by atoms with Crippen molar-refractivity contribution < 1.29 is 14.3 Å². The molecule has 2 aromatic carbocycles. The van der Waals surface area contributed by atoms with E-state index in [2.05, 4.69) is 12.2 Å². The zero-order valence-corrected chi connectivity index (χ0v) is 15.2. The van der Waals surface area contributed by atoms with Crippen LogP contribution in [0.25, 0.3) is 0 Å². The van der Waals surface area contributed by atoms with Crippen molar-refractivity contribution in [1.82, 2.24) is 5.32 Å². The highest BCUT2D eigenvalue weighted by Gasteiger charge is 2.30. The highest BCUT2D eigenvalue weighted by Crippen LogP contribution is 2.28. The Hall–Kier alpha value is -2.33. The number of benzene rings is 2. The van der Waals surface area contributed by atoms with Gasteiger partial charge >= 0.3 is 0 Å². The Bertz CT molecular complexity index is 649. The summed E-state index contributed by atoms with van der Waals surface area (Å²) in [6, 6.07) is 17.8. The van der Waals surface area contributed by atoms with Crippen molar-refractivity contribution in [3.05, 3.63) is 65.7 Å². The van der Waals surface area contributed by atoms with Crippen molar-refractivity contribution in [3.8, 4) is 5.75 Å². The van der Waals surface area contributed by atoms with Gasteiger partial charge in [0.25, 0.3) is 0 Å². The average molecular weight is 341 g/mol. The lowest BCUT2D eigenvalue weighted by Gasteiger charge is -2.32. The fraction of sp³-hybridized carbons (Fsp3) is 0.381. The molecule has 2 aromatic rings. The van der Waals surface area contributed by atoms with Crippen LogP contribution in [0.1, 0.15) is 30.9 Å². The molecule has 2 rings (SSSR count). The van der Waals surface area contributed by atoms with Crippen LogP contribution in [0.4, 0.5) is 0 Å². The SMILES string of the molecule is CCC(CNC(=O)CCc1ccc(OC)cc1)(OC)c1ccccc1. The van der Waals surface area contributed by atoms with Crippen molar-refractivity contribution in [1.29, 1.82) is 0 Å². The Kier molecular flexibility index (Phi) is 7.02. The molecule has 0 saturated carbocycles. The Balaban J connectivity index is 1.90. The monoisotopic (exact) mass is 341 g/mol. The maximum atomic E-state index is 12.3. The van der Waals surface area contributed by atoms with Gasteiger partial charge in [-0.05, 0) is 36.1 Å². The van der Waals surface area contributed by atoms with E-state index in [-0.39, 0.29) is 5.91 Å². The Labute approximate surface area is 150 Å². The van der Waals surface area contributed by atoms with E-state index < -0.39 is 5.60 Å². The van der Waals surface area contributed by atoms with Crippen LogP contribution in [0.5, 0.6) is 5.75 Å². The minimum absolute atomic E-state index is 0.0293. The summed E-state index contributed by atoms with van der Waals surface area (Å²) < 4.78 is 10.9. The van der Waals surface area contributed by atoms with Gasteiger partial charge in [0.05, 0.1) is 13.7 Å². The number of ether oxygens (including phenoxy) is 2. The van der Waals surface area contributed by atoms with Crippen molar-refractivity contribution in [2.24, 2.45) is 0 Å². The maximum Gasteiger partial charge on any atom is 0.220 e. The van der Waals surface area contributed by atoms with E-state index in [1.807, 2.05) is 54.6 Å². The number of methoxy groups -OCH3 is 2. The summed E-state index contributed by atoms with van der Waals surface area (Å²) in [5, 5.41) is 3.03. The molecule has 134 valence electrons. The largest absolute Gasteiger partial charge is 0.497 e. The fourth-order valence-electron chi connectivity index (χ4n) is 2.89. The van der Waals surface area contributed by atoms with Gasteiger partial charge in [-0.2, -0.15) is 0 Å². The molecule has 4 nitrogen and oxygen atoms in total. The van der Waals surface area contributed by atoms with E-state index in [0.29, 0.717) is 19.4 Å². The number of nitrogens with one attached hydrogen (secondary N) is 1. The fourth-order valence-corrected chi connectivity index (χ4v) is 2.89. The van der Waals surface area contributed by atoms with Crippen LogP contribution in [-0.4, -0.2) is 26.7 Å². The summed E-state index contributed by atoms with van der Waals surface area (Å²) in [5.74, 6) is 0.852. The first kappa shape index (κ1) is 19.0. The molecule has 0 aromatic heterocycles. The van der Waals surface area contributed by atoms with Crippen LogP contribution in [0.15, 0.2) is 54.6 Å². The Morgan fingerprint density at radius 2 is 1.72 bits per heavy atom. The van der Waals surface area contributed by atoms with E-state index in [0.717, 1.165) is 23.3 Å². The van der Waals surface area contributed by atoms with Gasteiger partial charge in [-0.25, -0.2) is 0 Å². The predicted octanol–water partition coefficient (Wildman–Crippen LogP) is 3.70. The van der Waals surface area contributed by atoms with Crippen molar-refractivity contribution in [2.45, 2.75) is 31.8 Å². The molecule has 0 fully saturated rings. The second-order valence-electron chi connectivity index (χ2n) is 6.04. The van der Waals surface area contributed by atoms with Crippen LogP contribution in [-0.2, 0) is 21.6 Å². The molecular weight excluding hydrogens is 314 g/mol. The Morgan fingerprint density at radius 3 is 2.28 bits per heavy atom. The quantitative estimate of drug-likeness (QED) is 0.756. The Morgan fingerprint density at radius 1 is 1.04 bits per heavy atom. The predicted molar refractivity (Wildman–Crippen MR) is 99.7 cm³/mol. The molecule has 0 bridgehead atoms. The zero-order chi connectivity index (χ0) is 18.1. The second-order valence-corrected chi connectivity index (χ2v) is 6.04. The first-order chi connectivity index (χ1) is 12.1. The maximum absolute atomic E-state index is 12.3. The molecule has 0 aliphatic rings. The highest BCUT2D eigenvalue weighted by molar-refractivity contribution is 5.76. The first-order valence-corrected chi connectivity index (χ1v) is 8.64. The molecule has 0 heterocycles. The van der Waals surface area contributed by atoms with E-state index in [4.69, 9.17) is 9.47 Å². The summed E-state index contributed by atoms with van der Waals surface area (Å²) in [7, 11) is 3.34. The van der Waals surface area contributed by atoms with E-state index in [1.54, 1.807) is 14.2 Å². The van der Waals surface area contributed by atoms with Crippen molar-refractivity contribution >= 4 is 5.91 Å². The smallest absolute Gasteiger partial charge is 0.220 e. The topological polar surface area (TPSA) is 47.6 Å². The minimum atomic E-state index is -0.489. The third kappa shape index (κ3) is 5.07. The standard InChI is InChI=1S/C21H27NO3/c1-4-21(25-3,18-8-6-5-7-9-18)16-22-20(23)15-12-17-10-13-19(24-2)14-11-17/h5-11,13-14H,4,12,15-16H2,1-3H3,(H,22,23). The van der Waals surface area contributed by atoms with Gasteiger partial charge in [-0.1, -0.05) is 49.4 Å². The molecule has 1 amide bonds. The van der Waals surface area contributed by atoms with Crippen LogP contribution >= 0.6 is 0 Å². The lowest BCUT2D eigenvalue weighted by atomic mass is 9.90. The van der Waals surface area contributed by atoms with E-state index >= 15 is 0 Å². The minimum Gasteiger partial charge on any atom is -0.497 e. The number of rotatable bonds is 9. The number of hydrogen-bond acceptors (Lipinski definition) is 3. The number of aryl methyl sites for hydroxylation is 1. The van der Waals surface area contributed by atoms with Gasteiger partial charge in [0.15, 0.2) is 0 Å². The highest BCUT2D eigenvalue weighted by atomic mass is 16.5. The van der Waals surface area contributed by atoms with Crippen molar-refractivity contribution in [3.63, 3.8) is 0 Å². The summed E-state index contributed by atoms with van der Waals surface area (Å²) >= 11 is 0. The molecule has 1 atom stereocenters. The van der Waals surface area contributed by atoms with Gasteiger partial charge in [0, 0.05) is 13.5 Å². The van der Waals surface area contributed by atoms with Crippen LogP contribution < -0.4 is 10.1 Å². The lowest BCUT2D eigenvalue weighted by Crippen LogP contribution is -2.42. The number of carbonyl (C=O) groups excluding carboxylic acids is 1. The molecule has 0 aliphatic carbocycles. The van der Waals surface area contributed by atoms with Crippen LogP contribution in [0.3, 0.4) is 0 Å². The summed E-state index contributed by atoms with van der Waals surface area (Å²) in [4.78, 5) is 12.3. The number of amides is 1. The second kappa shape index (κ2) is 9.23. The van der Waals surface area contributed by atoms with E-state index in [1.165, 1.54) is 0 Å². The van der Waals surface area contributed by atoms with E-state index in [9.17, 15) is 4.79 Å². The molecule has 1 N–H and O–H groups in total. The molecule has 0 spiro atoms. The summed E-state index contributed by atoms with van der Waals surface area (Å²) in [6.07, 6.45) is 1.93. The van der Waals surface area contributed by atoms with Crippen LogP contribution in [0.2, 0.25) is 0 Å². The van der Waals surface area contributed by atoms with Crippen LogP contribution in [0, 0.1) is 0 Å². The molecule has 0 radical (unpaired) electrons. The molecule has 25 heavy (non-hydrogen) atoms. The van der Waals surface area contributed by atoms with Gasteiger partial charge in [0.2, 0.25) is 5.91 Å². The normalized spacial score (nSPS) is 13.1. The van der Waals surface area contributed by atoms with Crippen molar-refractivity contribution in [2.75, 3.05) is 20.8 Å². The van der Waals surface area contributed by atoms with Gasteiger partial charge in [-0.3, -0.25) is 4.79 Å². The van der Waals surface area contributed by atoms with Gasteiger partial charge in [0.1, 0.15) is 11.4 Å². The summed E-state index contributed by atoms with van der Waals surface area (Å²) in [5.41, 5.74) is 1.71. The van der Waals surface area contributed by atoms with Gasteiger partial charge in [-0.15, -0.1) is 0 Å². The molecular formula is C21H27NO3. The molecule has 4 heteroatoms. The molecule has 0 aliphatic heterocycles. The molecule has 1 unspecified atom stereocenters. The summed E-state index contributed by atoms with van der Waals surface area (Å²) in [6.45, 7) is 2.53. The lowest BCUT2D eigenvalue weighted by molar-refractivity contribution is -0.123. The third-order valence-electron chi connectivity index (χ3n) is 4.63. The number of carbonyl (C=O) groups is 1. The number of hydrogen-bond donors (Lipinski definition) is 1. The molecule has 0 saturated heterocycles. The van der Waals surface area contributed by atoms with Gasteiger partial charge < -0.3 is 14.8 Å². The zero-order valence-electron chi connectivity index (χ0n) is 15.2.